The van der Waals surface area contributed by atoms with Crippen molar-refractivity contribution in [1.82, 2.24) is 9.97 Å². The van der Waals surface area contributed by atoms with Crippen LogP contribution in [0.4, 0.5) is 11.8 Å². The molecule has 0 radical (unpaired) electrons. The van der Waals surface area contributed by atoms with Crippen LogP contribution in [0.5, 0.6) is 0 Å². The minimum Gasteiger partial charge on any atom is -0.467 e. The van der Waals surface area contributed by atoms with Crippen LogP contribution in [-0.2, 0) is 14.3 Å². The van der Waals surface area contributed by atoms with Crippen LogP contribution in [0.25, 0.3) is 0 Å². The van der Waals surface area contributed by atoms with E-state index in [1.54, 1.807) is 0 Å². The molecule has 1 aromatic heterocycles. The third-order valence-electron chi connectivity index (χ3n) is 2.71. The van der Waals surface area contributed by atoms with Crippen molar-refractivity contribution in [3.63, 3.8) is 0 Å². The Kier molecular flexibility index (Phi) is 3.61. The lowest BCUT2D eigenvalue weighted by Crippen LogP contribution is -2.47. The topological polar surface area (TPSA) is 90.6 Å². The highest BCUT2D eigenvalue weighted by atomic mass is 16.6. The Morgan fingerprint density at radius 1 is 1.61 bits per heavy atom. The van der Waals surface area contributed by atoms with Crippen LogP contribution >= 0.6 is 0 Å². The summed E-state index contributed by atoms with van der Waals surface area (Å²) in [5.41, 5.74) is 6.41. The monoisotopic (exact) mass is 252 g/mol. The molecule has 98 valence electrons. The van der Waals surface area contributed by atoms with E-state index in [4.69, 9.17) is 10.5 Å². The first-order chi connectivity index (χ1) is 8.60. The number of hydrogen-bond acceptors (Lipinski definition) is 7. The highest BCUT2D eigenvalue weighted by molar-refractivity contribution is 5.75. The van der Waals surface area contributed by atoms with Crippen LogP contribution in [0.2, 0.25) is 0 Å². The smallest absolute Gasteiger partial charge is 0.336 e. The summed E-state index contributed by atoms with van der Waals surface area (Å²) in [6, 6.07) is 1.83. The van der Waals surface area contributed by atoms with Gasteiger partial charge in [-0.3, -0.25) is 0 Å². The maximum absolute atomic E-state index is 11.4. The molecule has 1 unspecified atom stereocenters. The molecule has 0 aliphatic carbocycles. The molecule has 0 aromatic carbocycles. The Hall–Kier alpha value is -1.89. The molecular weight excluding hydrogens is 236 g/mol. The molecule has 2 heterocycles. The summed E-state index contributed by atoms with van der Waals surface area (Å²) in [7, 11) is 1.34. The number of carbonyl (C=O) groups excluding carboxylic acids is 1. The van der Waals surface area contributed by atoms with Gasteiger partial charge in [0, 0.05) is 18.3 Å². The van der Waals surface area contributed by atoms with E-state index < -0.39 is 6.10 Å². The van der Waals surface area contributed by atoms with Gasteiger partial charge in [-0.1, -0.05) is 0 Å². The molecule has 18 heavy (non-hydrogen) atoms. The van der Waals surface area contributed by atoms with Crippen molar-refractivity contribution in [3.8, 4) is 0 Å². The molecule has 2 N–H and O–H groups in total. The molecule has 1 aromatic rings. The van der Waals surface area contributed by atoms with Crippen molar-refractivity contribution in [3.05, 3.63) is 11.8 Å². The summed E-state index contributed by atoms with van der Waals surface area (Å²) in [6.45, 7) is 3.36. The van der Waals surface area contributed by atoms with Gasteiger partial charge in [0.25, 0.3) is 0 Å². The van der Waals surface area contributed by atoms with Gasteiger partial charge >= 0.3 is 5.97 Å². The summed E-state index contributed by atoms with van der Waals surface area (Å²) in [5.74, 6) is 0.557. The number of aromatic nitrogens is 2. The van der Waals surface area contributed by atoms with Crippen LogP contribution in [0.1, 0.15) is 5.69 Å². The van der Waals surface area contributed by atoms with Gasteiger partial charge in [-0.2, -0.15) is 4.98 Å². The van der Waals surface area contributed by atoms with Crippen LogP contribution in [-0.4, -0.2) is 48.8 Å². The largest absolute Gasteiger partial charge is 0.467 e. The van der Waals surface area contributed by atoms with Crippen molar-refractivity contribution in [2.75, 3.05) is 37.4 Å². The summed E-state index contributed by atoms with van der Waals surface area (Å²) in [6.07, 6.45) is -0.583. The fourth-order valence-electron chi connectivity index (χ4n) is 1.87. The number of rotatable bonds is 2. The Morgan fingerprint density at radius 3 is 3.06 bits per heavy atom. The number of aryl methyl sites for hydroxylation is 1. The minimum atomic E-state index is -0.583. The SMILES string of the molecule is COC(=O)C1CN(c2cc(C)nc(N)n2)CCO1. The molecule has 1 atom stereocenters. The van der Waals surface area contributed by atoms with Crippen LogP contribution in [0, 0.1) is 6.92 Å². The highest BCUT2D eigenvalue weighted by Crippen LogP contribution is 2.17. The van der Waals surface area contributed by atoms with Gasteiger partial charge in [0.05, 0.1) is 20.3 Å². The van der Waals surface area contributed by atoms with Gasteiger partial charge in [0.1, 0.15) is 5.82 Å². The van der Waals surface area contributed by atoms with E-state index >= 15 is 0 Å². The van der Waals surface area contributed by atoms with E-state index in [0.717, 1.165) is 5.69 Å². The van der Waals surface area contributed by atoms with Gasteiger partial charge in [-0.15, -0.1) is 0 Å². The van der Waals surface area contributed by atoms with Crippen molar-refractivity contribution in [2.45, 2.75) is 13.0 Å². The number of nitrogen functional groups attached to an aromatic ring is 1. The molecule has 0 amide bonds. The lowest BCUT2D eigenvalue weighted by Gasteiger charge is -2.32. The summed E-state index contributed by atoms with van der Waals surface area (Å²) < 4.78 is 10.0. The Balaban J connectivity index is 2.15. The molecule has 1 fully saturated rings. The van der Waals surface area contributed by atoms with Gasteiger partial charge in [-0.25, -0.2) is 9.78 Å². The summed E-state index contributed by atoms with van der Waals surface area (Å²) in [4.78, 5) is 21.6. The lowest BCUT2D eigenvalue weighted by atomic mass is 10.2. The molecule has 7 heteroatoms. The molecular formula is C11H16N4O3. The first kappa shape index (κ1) is 12.6. The molecule has 1 aliphatic rings. The Labute approximate surface area is 105 Å². The number of esters is 1. The van der Waals surface area contributed by atoms with Crippen molar-refractivity contribution in [1.29, 1.82) is 0 Å². The lowest BCUT2D eigenvalue weighted by molar-refractivity contribution is -0.154. The molecule has 7 nitrogen and oxygen atoms in total. The maximum atomic E-state index is 11.4. The zero-order valence-electron chi connectivity index (χ0n) is 10.4. The molecule has 1 saturated heterocycles. The fraction of sp³-hybridized carbons (Fsp3) is 0.545. The molecule has 0 bridgehead atoms. The van der Waals surface area contributed by atoms with Gasteiger partial charge in [0.15, 0.2) is 6.10 Å². The first-order valence-electron chi connectivity index (χ1n) is 5.65. The number of methoxy groups -OCH3 is 1. The predicted molar refractivity (Wildman–Crippen MR) is 65.2 cm³/mol. The van der Waals surface area contributed by atoms with Crippen LogP contribution < -0.4 is 10.6 Å². The zero-order chi connectivity index (χ0) is 13.1. The second-order valence-electron chi connectivity index (χ2n) is 4.05. The number of ether oxygens (including phenoxy) is 2. The van der Waals surface area contributed by atoms with E-state index in [1.165, 1.54) is 7.11 Å². The van der Waals surface area contributed by atoms with E-state index in [9.17, 15) is 4.79 Å². The second kappa shape index (κ2) is 5.18. The predicted octanol–water partition coefficient (Wildman–Crippen LogP) is -0.255. The first-order valence-corrected chi connectivity index (χ1v) is 5.65. The van der Waals surface area contributed by atoms with Crippen molar-refractivity contribution < 1.29 is 14.3 Å². The quantitative estimate of drug-likeness (QED) is 0.725. The fourth-order valence-corrected chi connectivity index (χ4v) is 1.87. The third-order valence-corrected chi connectivity index (χ3v) is 2.71. The van der Waals surface area contributed by atoms with E-state index in [-0.39, 0.29) is 11.9 Å². The molecule has 0 saturated carbocycles. The molecule has 1 aliphatic heterocycles. The second-order valence-corrected chi connectivity index (χ2v) is 4.05. The van der Waals surface area contributed by atoms with E-state index in [2.05, 4.69) is 14.7 Å². The van der Waals surface area contributed by atoms with Crippen molar-refractivity contribution in [2.24, 2.45) is 0 Å². The number of nitrogens with two attached hydrogens (primary N) is 1. The summed E-state index contributed by atoms with van der Waals surface area (Å²) >= 11 is 0. The number of anilines is 2. The minimum absolute atomic E-state index is 0.228. The number of nitrogens with zero attached hydrogens (tertiary/aromatic N) is 3. The number of hydrogen-bond donors (Lipinski definition) is 1. The van der Waals surface area contributed by atoms with E-state index in [1.807, 2.05) is 17.9 Å². The average molecular weight is 252 g/mol. The zero-order valence-corrected chi connectivity index (χ0v) is 10.4. The Bertz CT molecular complexity index is 432. The summed E-state index contributed by atoms with van der Waals surface area (Å²) in [5, 5.41) is 0. The van der Waals surface area contributed by atoms with Crippen LogP contribution in [0.15, 0.2) is 6.07 Å². The van der Waals surface area contributed by atoms with Gasteiger partial charge in [0.2, 0.25) is 5.95 Å². The number of morpholine rings is 1. The van der Waals surface area contributed by atoms with E-state index in [0.29, 0.717) is 25.5 Å². The molecule has 0 spiro atoms. The third kappa shape index (κ3) is 2.67. The van der Waals surface area contributed by atoms with Crippen LogP contribution in [0.3, 0.4) is 0 Å². The Morgan fingerprint density at radius 2 is 2.39 bits per heavy atom. The molecule has 2 rings (SSSR count). The van der Waals surface area contributed by atoms with Gasteiger partial charge < -0.3 is 20.1 Å². The standard InChI is InChI=1S/C11H16N4O3/c1-7-5-9(14-11(12)13-7)15-3-4-18-8(6-15)10(16)17-2/h5,8H,3-4,6H2,1-2H3,(H2,12,13,14). The van der Waals surface area contributed by atoms with Crippen molar-refractivity contribution >= 4 is 17.7 Å². The number of carbonyl (C=O) groups is 1. The van der Waals surface area contributed by atoms with Gasteiger partial charge in [-0.05, 0) is 6.92 Å². The average Bonchev–Trinajstić information content (AvgIpc) is 2.37. The highest BCUT2D eigenvalue weighted by Gasteiger charge is 2.28. The maximum Gasteiger partial charge on any atom is 0.336 e. The normalized spacial score (nSPS) is 19.7.